The summed E-state index contributed by atoms with van der Waals surface area (Å²) in [5, 5.41) is 20.0. The number of anilines is 1. The first-order chi connectivity index (χ1) is 11.2. The molecule has 0 atom stereocenters. The second-order valence-electron chi connectivity index (χ2n) is 5.12. The fraction of sp³-hybridized carbons (Fsp3) is 0.188. The lowest BCUT2D eigenvalue weighted by atomic mass is 10.1. The third-order valence-electron chi connectivity index (χ3n) is 3.41. The molecule has 0 N–H and O–H groups in total. The van der Waals surface area contributed by atoms with E-state index in [1.807, 2.05) is 6.07 Å². The van der Waals surface area contributed by atoms with Crippen LogP contribution < -0.4 is 4.90 Å². The number of nitro groups is 1. The Labute approximate surface area is 135 Å². The topological polar surface area (TPSA) is 70.2 Å². The van der Waals surface area contributed by atoms with Crippen LogP contribution >= 0.6 is 0 Å². The average molecular weight is 335 g/mol. The monoisotopic (exact) mass is 335 g/mol. The summed E-state index contributed by atoms with van der Waals surface area (Å²) in [7, 11) is 1.59. The second-order valence-corrected chi connectivity index (χ2v) is 5.12. The van der Waals surface area contributed by atoms with Crippen LogP contribution in [0.3, 0.4) is 0 Å². The molecular formula is C16H12F3N3O2. The van der Waals surface area contributed by atoms with E-state index >= 15 is 0 Å². The maximum atomic E-state index is 12.5. The van der Waals surface area contributed by atoms with Gasteiger partial charge in [-0.25, -0.2) is 0 Å². The third-order valence-corrected chi connectivity index (χ3v) is 3.41. The number of hydrogen-bond acceptors (Lipinski definition) is 4. The van der Waals surface area contributed by atoms with Crippen LogP contribution in [0, 0.1) is 21.4 Å². The Hall–Kier alpha value is -3.08. The quantitative estimate of drug-likeness (QED) is 0.622. The van der Waals surface area contributed by atoms with Crippen molar-refractivity contribution >= 4 is 11.4 Å². The molecule has 0 aliphatic rings. The minimum Gasteiger partial charge on any atom is -0.365 e. The largest absolute Gasteiger partial charge is 0.416 e. The van der Waals surface area contributed by atoms with Crippen molar-refractivity contribution in [1.29, 1.82) is 5.26 Å². The molecule has 0 saturated heterocycles. The molecule has 0 bridgehead atoms. The molecule has 124 valence electrons. The van der Waals surface area contributed by atoms with Crippen LogP contribution in [0.5, 0.6) is 0 Å². The highest BCUT2D eigenvalue weighted by molar-refractivity contribution is 5.65. The molecule has 5 nitrogen and oxygen atoms in total. The van der Waals surface area contributed by atoms with E-state index < -0.39 is 16.7 Å². The zero-order valence-electron chi connectivity index (χ0n) is 12.5. The van der Waals surface area contributed by atoms with E-state index in [1.165, 1.54) is 30.3 Å². The molecule has 24 heavy (non-hydrogen) atoms. The highest BCUT2D eigenvalue weighted by Crippen LogP contribution is 2.31. The molecule has 2 aromatic rings. The number of nitriles is 1. The molecular weight excluding hydrogens is 323 g/mol. The van der Waals surface area contributed by atoms with E-state index in [2.05, 4.69) is 0 Å². The Morgan fingerprint density at radius 3 is 2.33 bits per heavy atom. The zero-order valence-corrected chi connectivity index (χ0v) is 12.5. The number of hydrogen-bond donors (Lipinski definition) is 0. The maximum Gasteiger partial charge on any atom is 0.416 e. The number of rotatable bonds is 4. The molecule has 2 aromatic carbocycles. The summed E-state index contributed by atoms with van der Waals surface area (Å²) in [5.41, 5.74) is 0.0261. The van der Waals surface area contributed by atoms with Gasteiger partial charge in [0.2, 0.25) is 0 Å². The first kappa shape index (κ1) is 17.3. The van der Waals surface area contributed by atoms with Crippen molar-refractivity contribution in [2.45, 2.75) is 12.7 Å². The first-order valence-electron chi connectivity index (χ1n) is 6.78. The SMILES string of the molecule is CN(Cc1ccc(C(F)(F)F)cc1)c1ccc(C#N)cc1[N+](=O)[O-]. The third kappa shape index (κ3) is 3.81. The number of halogens is 3. The first-order valence-corrected chi connectivity index (χ1v) is 6.78. The van der Waals surface area contributed by atoms with Crippen molar-refractivity contribution in [3.05, 3.63) is 69.3 Å². The molecule has 0 radical (unpaired) electrons. The summed E-state index contributed by atoms with van der Waals surface area (Å²) in [6.45, 7) is 0.185. The standard InChI is InChI=1S/C16H12F3N3O2/c1-21(10-11-2-5-13(6-3-11)16(17,18)19)14-7-4-12(9-20)8-15(14)22(23)24/h2-8H,10H2,1H3. The van der Waals surface area contributed by atoms with E-state index in [-0.39, 0.29) is 23.5 Å². The number of nitrogens with zero attached hydrogens (tertiary/aromatic N) is 3. The Morgan fingerprint density at radius 1 is 1.21 bits per heavy atom. The van der Waals surface area contributed by atoms with Crippen LogP contribution in [0.4, 0.5) is 24.5 Å². The van der Waals surface area contributed by atoms with E-state index in [4.69, 9.17) is 5.26 Å². The summed E-state index contributed by atoms with van der Waals surface area (Å²) < 4.78 is 37.6. The highest BCUT2D eigenvalue weighted by atomic mass is 19.4. The van der Waals surface area contributed by atoms with Crippen LogP contribution in [0.2, 0.25) is 0 Å². The summed E-state index contributed by atoms with van der Waals surface area (Å²) in [6.07, 6.45) is -4.41. The summed E-state index contributed by atoms with van der Waals surface area (Å²) in [6, 6.07) is 10.5. The van der Waals surface area contributed by atoms with E-state index in [0.29, 0.717) is 5.56 Å². The minimum atomic E-state index is -4.41. The summed E-state index contributed by atoms with van der Waals surface area (Å²) in [5.74, 6) is 0. The summed E-state index contributed by atoms with van der Waals surface area (Å²) >= 11 is 0. The van der Waals surface area contributed by atoms with Gasteiger partial charge in [0.1, 0.15) is 5.69 Å². The average Bonchev–Trinajstić information content (AvgIpc) is 2.53. The van der Waals surface area contributed by atoms with Gasteiger partial charge in [-0.1, -0.05) is 12.1 Å². The van der Waals surface area contributed by atoms with Crippen molar-refractivity contribution in [2.24, 2.45) is 0 Å². The molecule has 0 aliphatic heterocycles. The molecule has 0 unspecified atom stereocenters. The van der Waals surface area contributed by atoms with E-state index in [0.717, 1.165) is 12.1 Å². The molecule has 8 heteroatoms. The Balaban J connectivity index is 2.25. The van der Waals surface area contributed by atoms with Crippen LogP contribution in [0.1, 0.15) is 16.7 Å². The lowest BCUT2D eigenvalue weighted by molar-refractivity contribution is -0.384. The van der Waals surface area contributed by atoms with Crippen molar-refractivity contribution in [1.82, 2.24) is 0 Å². The van der Waals surface area contributed by atoms with Crippen molar-refractivity contribution in [2.75, 3.05) is 11.9 Å². The number of alkyl halides is 3. The van der Waals surface area contributed by atoms with Gasteiger partial charge in [-0.3, -0.25) is 10.1 Å². The zero-order chi connectivity index (χ0) is 17.9. The van der Waals surface area contributed by atoms with Gasteiger partial charge in [-0.2, -0.15) is 18.4 Å². The molecule has 0 amide bonds. The van der Waals surface area contributed by atoms with Crippen molar-refractivity contribution in [3.63, 3.8) is 0 Å². The molecule has 0 aliphatic carbocycles. The smallest absolute Gasteiger partial charge is 0.365 e. The minimum absolute atomic E-state index is 0.161. The molecule has 0 saturated carbocycles. The van der Waals surface area contributed by atoms with Crippen LogP contribution in [-0.2, 0) is 12.7 Å². The Bertz CT molecular complexity index is 796. The fourth-order valence-corrected chi connectivity index (χ4v) is 2.22. The second kappa shape index (κ2) is 6.58. The Kier molecular flexibility index (Phi) is 4.74. The van der Waals surface area contributed by atoms with Gasteiger partial charge in [0.15, 0.2) is 0 Å². The molecule has 0 fully saturated rings. The van der Waals surface area contributed by atoms with Crippen molar-refractivity contribution in [3.8, 4) is 6.07 Å². The van der Waals surface area contributed by atoms with E-state index in [9.17, 15) is 23.3 Å². The van der Waals surface area contributed by atoms with Gasteiger partial charge < -0.3 is 4.90 Å². The fourth-order valence-electron chi connectivity index (χ4n) is 2.22. The summed E-state index contributed by atoms with van der Waals surface area (Å²) in [4.78, 5) is 12.1. The van der Waals surface area contributed by atoms with Crippen LogP contribution in [-0.4, -0.2) is 12.0 Å². The van der Waals surface area contributed by atoms with Gasteiger partial charge in [0.25, 0.3) is 5.69 Å². The molecule has 0 heterocycles. The van der Waals surface area contributed by atoms with E-state index in [1.54, 1.807) is 11.9 Å². The number of nitro benzene ring substituents is 1. The molecule has 2 rings (SSSR count). The Morgan fingerprint density at radius 2 is 1.83 bits per heavy atom. The normalized spacial score (nSPS) is 11.0. The van der Waals surface area contributed by atoms with Gasteiger partial charge >= 0.3 is 6.18 Å². The van der Waals surface area contributed by atoms with Gasteiger partial charge in [0, 0.05) is 19.7 Å². The van der Waals surface area contributed by atoms with Gasteiger partial charge in [-0.05, 0) is 29.8 Å². The van der Waals surface area contributed by atoms with Gasteiger partial charge in [0.05, 0.1) is 22.1 Å². The van der Waals surface area contributed by atoms with Crippen molar-refractivity contribution < 1.29 is 18.1 Å². The van der Waals surface area contributed by atoms with Crippen LogP contribution in [0.15, 0.2) is 42.5 Å². The predicted octanol–water partition coefficient (Wildman–Crippen LogP) is 4.12. The highest BCUT2D eigenvalue weighted by Gasteiger charge is 2.30. The van der Waals surface area contributed by atoms with Crippen LogP contribution in [0.25, 0.3) is 0 Å². The maximum absolute atomic E-state index is 12.5. The predicted molar refractivity (Wildman–Crippen MR) is 81.4 cm³/mol. The lowest BCUT2D eigenvalue weighted by Gasteiger charge is -2.19. The number of benzene rings is 2. The lowest BCUT2D eigenvalue weighted by Crippen LogP contribution is -2.18. The van der Waals surface area contributed by atoms with Gasteiger partial charge in [-0.15, -0.1) is 0 Å². The molecule has 0 spiro atoms. The molecule has 0 aromatic heterocycles.